The molecule has 0 aliphatic carbocycles. The van der Waals surface area contributed by atoms with Gasteiger partial charge in [-0.25, -0.2) is 39.6 Å². The second-order valence-electron chi connectivity index (χ2n) is 4.69. The molecular weight excluding hydrogens is 586 g/mol. The number of nitrogens with zero attached hydrogens (tertiary/aromatic N) is 3. The minimum atomic E-state index is -4.00. The quantitative estimate of drug-likeness (QED) is 0.0853. The molecule has 0 bridgehead atoms. The van der Waals surface area contributed by atoms with Crippen LogP contribution >= 0.6 is 0 Å². The fourth-order valence-corrected chi connectivity index (χ4v) is 5.35. The van der Waals surface area contributed by atoms with E-state index in [1.54, 1.807) is 13.8 Å². The summed E-state index contributed by atoms with van der Waals surface area (Å²) in [5, 5.41) is 5.58. The summed E-state index contributed by atoms with van der Waals surface area (Å²) in [5.41, 5.74) is 0. The van der Waals surface area contributed by atoms with Crippen molar-refractivity contribution in [3.05, 3.63) is 4.13 Å². The molecule has 0 saturated carbocycles. The summed E-state index contributed by atoms with van der Waals surface area (Å²) in [4.78, 5) is 11.9. The monoisotopic (exact) mass is 611 g/mol. The summed E-state index contributed by atoms with van der Waals surface area (Å²) in [6.07, 6.45) is 1.52. The number of nitrogens with one attached hydrogen (secondary N) is 1. The largest absolute Gasteiger partial charge is 1.00 e. The van der Waals surface area contributed by atoms with Crippen LogP contribution in [0.2, 0.25) is 0 Å². The van der Waals surface area contributed by atoms with Crippen LogP contribution in [0, 0.1) is 0 Å². The molecule has 0 aromatic rings. The molecule has 15 nitrogen and oxygen atoms in total. The summed E-state index contributed by atoms with van der Waals surface area (Å²) in [6.45, 7) is 3.61. The van der Waals surface area contributed by atoms with Crippen LogP contribution in [0.1, 0.15) is 13.8 Å². The van der Waals surface area contributed by atoms with Crippen LogP contribution in [0.4, 0.5) is 0 Å². The van der Waals surface area contributed by atoms with E-state index in [0.29, 0.717) is 0 Å². The maximum absolute atomic E-state index is 11.0. The van der Waals surface area contributed by atoms with Gasteiger partial charge in [0.25, 0.3) is 10.2 Å². The van der Waals surface area contributed by atoms with E-state index >= 15 is 0 Å². The second kappa shape index (κ2) is 23.1. The molecule has 0 atom stereocenters. The van der Waals surface area contributed by atoms with Gasteiger partial charge in [0, 0.05) is 33.4 Å². The van der Waals surface area contributed by atoms with Gasteiger partial charge in [-0.1, -0.05) is 18.0 Å². The van der Waals surface area contributed by atoms with Gasteiger partial charge in [-0.15, -0.1) is 0 Å². The van der Waals surface area contributed by atoms with Crippen molar-refractivity contribution in [2.75, 3.05) is 39.7 Å². The summed E-state index contributed by atoms with van der Waals surface area (Å²) < 4.78 is 92.0. The zero-order chi connectivity index (χ0) is 23.4. The van der Waals surface area contributed by atoms with E-state index in [9.17, 15) is 33.7 Å². The van der Waals surface area contributed by atoms with Gasteiger partial charge in [0.15, 0.2) is 0 Å². The van der Waals surface area contributed by atoms with Crippen molar-refractivity contribution in [3.63, 3.8) is 0 Å². The van der Waals surface area contributed by atoms with Gasteiger partial charge in [-0.05, 0) is 0 Å². The molecule has 31 heavy (non-hydrogen) atoms. The Morgan fingerprint density at radius 3 is 1.39 bits per heavy atom. The van der Waals surface area contributed by atoms with Crippen molar-refractivity contribution in [1.29, 1.82) is 0 Å². The van der Waals surface area contributed by atoms with Gasteiger partial charge < -0.3 is 4.13 Å². The van der Waals surface area contributed by atoms with Crippen molar-refractivity contribution in [3.8, 4) is 0 Å². The van der Waals surface area contributed by atoms with Crippen LogP contribution in [-0.4, -0.2) is 93.7 Å². The normalized spacial score (nSPS) is 11.3. The van der Waals surface area contributed by atoms with E-state index in [1.165, 1.54) is 18.2 Å². The first-order valence-electron chi connectivity index (χ1n) is 6.90. The summed E-state index contributed by atoms with van der Waals surface area (Å²) in [5.74, 6) is 0. The van der Waals surface area contributed by atoms with Crippen LogP contribution in [0.25, 0.3) is 4.13 Å². The third kappa shape index (κ3) is 31.9. The molecule has 0 fully saturated rings. The molecule has 0 aliphatic rings. The number of sulfonamides is 2. The third-order valence-electron chi connectivity index (χ3n) is 2.23. The van der Waals surface area contributed by atoms with Crippen LogP contribution < -0.4 is 158 Å². The van der Waals surface area contributed by atoms with Gasteiger partial charge in [-0.3, -0.25) is 0 Å². The first kappa shape index (κ1) is 48.1. The molecule has 0 radical (unpaired) electrons. The molecule has 0 aromatic heterocycles. The summed E-state index contributed by atoms with van der Waals surface area (Å²) >= 11 is 0. The summed E-state index contributed by atoms with van der Waals surface area (Å²) in [7, 11) is -12.9. The average Bonchev–Trinajstić information content (AvgIpc) is 2.49. The minimum absolute atomic E-state index is 0. The Balaban J connectivity index is -0.0000000793. The molecule has 0 heterocycles. The second-order valence-corrected chi connectivity index (χ2v) is 12.1. The van der Waals surface area contributed by atoms with E-state index in [4.69, 9.17) is 10.1 Å². The van der Waals surface area contributed by atoms with E-state index < -0.39 is 40.5 Å². The Morgan fingerprint density at radius 1 is 0.871 bits per heavy atom. The predicted octanol–water partition coefficient (Wildman–Crippen LogP) is -11.9. The Morgan fingerprint density at radius 2 is 1.19 bits per heavy atom. The van der Waals surface area contributed by atoms with Crippen molar-refractivity contribution in [1.82, 2.24) is 12.7 Å². The van der Waals surface area contributed by atoms with Gasteiger partial charge in [0.1, 0.15) is 10.2 Å². The van der Waals surface area contributed by atoms with Gasteiger partial charge >= 0.3 is 161 Å². The smallest absolute Gasteiger partial charge is 0.423 e. The zero-order valence-corrected chi connectivity index (χ0v) is 31.7. The molecule has 0 aliphatic heterocycles. The molecule has 0 saturated heterocycles. The number of carbonyl (C=O) groups is 1. The maximum Gasteiger partial charge on any atom is 1.00 e. The SMILES string of the molecule is CCN(C)S(=O)(=O)NS(C)(=O)=O.CCN(C)S(=O)(=O)[N-]S(C)(=O)=O.O=CO[OH2+].[K+].[K+].[K+]. The van der Waals surface area contributed by atoms with Crippen LogP contribution in [0.15, 0.2) is 0 Å². The fraction of sp³-hybridized carbons (Fsp3) is 0.889. The van der Waals surface area contributed by atoms with Crippen LogP contribution in [0.5, 0.6) is 0 Å². The summed E-state index contributed by atoms with van der Waals surface area (Å²) in [6, 6.07) is 0. The minimum Gasteiger partial charge on any atom is -0.423 e. The van der Waals surface area contributed by atoms with E-state index in [1.807, 2.05) is 0 Å². The third-order valence-corrected chi connectivity index (χ3v) is 8.24. The van der Waals surface area contributed by atoms with Gasteiger partial charge in [0.2, 0.25) is 10.0 Å². The van der Waals surface area contributed by atoms with Gasteiger partial charge in [0.05, 0.1) is 16.3 Å². The van der Waals surface area contributed by atoms with E-state index in [0.717, 1.165) is 21.1 Å². The van der Waals surface area contributed by atoms with E-state index in [-0.39, 0.29) is 174 Å². The standard InChI is InChI=1S/C4H12N2O4S2.C4H11N2O4S2.CH2O3.3K/c2*1-4-6(2)12(9,10)5-11(3,7)8;2-1-4-3;;;/h5H,4H2,1-3H3;4H2,1-3H3;1,3H;;;/q;-1;;3*+1/p+1. The van der Waals surface area contributed by atoms with Crippen molar-refractivity contribution >= 4 is 46.9 Å². The fourth-order valence-electron chi connectivity index (χ4n) is 0.816. The zero-order valence-electron chi connectivity index (χ0n) is 19.0. The number of hydrogen-bond acceptors (Lipinski definition) is 10. The number of hydrogen-bond donors (Lipinski definition) is 1. The molecule has 0 amide bonds. The first-order valence-corrected chi connectivity index (χ1v) is 13.5. The average molecular weight is 612 g/mol. The van der Waals surface area contributed by atoms with Crippen LogP contribution in [-0.2, 0) is 50.1 Å². The molecule has 0 aromatic carbocycles. The molecule has 0 spiro atoms. The Kier molecular flexibility index (Phi) is 35.9. The molecule has 0 unspecified atom stereocenters. The number of rotatable bonds is 9. The topological polar surface area (TPSA) is 218 Å². The molecular formula is C9H26K3N4O11S4+3. The predicted molar refractivity (Wildman–Crippen MR) is 101 cm³/mol. The molecule has 0 rings (SSSR count). The van der Waals surface area contributed by atoms with E-state index in [2.05, 4.69) is 9.01 Å². The maximum atomic E-state index is 11.0. The number of carbonyl (C=O) groups excluding carboxylic acids is 1. The molecule has 172 valence electrons. The Labute approximate surface area is 312 Å². The van der Waals surface area contributed by atoms with Crippen molar-refractivity contribution in [2.24, 2.45) is 0 Å². The Hall–Kier alpha value is 3.98. The molecule has 3 N–H and O–H groups in total. The molecule has 22 heteroatoms. The van der Waals surface area contributed by atoms with Crippen molar-refractivity contribution in [2.45, 2.75) is 13.8 Å². The van der Waals surface area contributed by atoms with Crippen molar-refractivity contribution < 1.29 is 203 Å². The Bertz CT molecular complexity index is 809. The van der Waals surface area contributed by atoms with Crippen LogP contribution in [0.3, 0.4) is 0 Å². The first-order chi connectivity index (χ1) is 12.3. The van der Waals surface area contributed by atoms with Gasteiger partial charge in [-0.2, -0.15) is 17.6 Å².